The van der Waals surface area contributed by atoms with Crippen molar-refractivity contribution < 1.29 is 9.53 Å². The summed E-state index contributed by atoms with van der Waals surface area (Å²) in [6.07, 6.45) is 0. The van der Waals surface area contributed by atoms with Crippen LogP contribution < -0.4 is 0 Å². The van der Waals surface area contributed by atoms with Crippen LogP contribution in [0, 0.1) is 0 Å². The van der Waals surface area contributed by atoms with Crippen LogP contribution in [0.1, 0.15) is 10.4 Å². The van der Waals surface area contributed by atoms with Gasteiger partial charge in [-0.25, -0.2) is 0 Å². The van der Waals surface area contributed by atoms with Gasteiger partial charge in [0.25, 0.3) is 5.91 Å². The molecule has 0 atom stereocenters. The van der Waals surface area contributed by atoms with Crippen LogP contribution in [-0.2, 0) is 4.74 Å². The average molecular weight is 291 g/mol. The van der Waals surface area contributed by atoms with Crippen LogP contribution in [0.4, 0.5) is 0 Å². The SMILES string of the molecule is O=C(c1cccc(Br)c1Cl)N1CCOC1. The van der Waals surface area contributed by atoms with Crippen molar-refractivity contribution in [3.05, 3.63) is 33.3 Å². The van der Waals surface area contributed by atoms with Gasteiger partial charge in [0.1, 0.15) is 6.73 Å². The van der Waals surface area contributed by atoms with Gasteiger partial charge in [0.2, 0.25) is 0 Å². The molecule has 1 fully saturated rings. The van der Waals surface area contributed by atoms with Crippen molar-refractivity contribution in [1.82, 2.24) is 4.90 Å². The fourth-order valence-electron chi connectivity index (χ4n) is 1.41. The van der Waals surface area contributed by atoms with E-state index in [0.717, 1.165) is 4.47 Å². The highest BCUT2D eigenvalue weighted by molar-refractivity contribution is 9.10. The molecule has 1 amide bonds. The molecule has 0 bridgehead atoms. The van der Waals surface area contributed by atoms with Crippen LogP contribution in [0.5, 0.6) is 0 Å². The zero-order chi connectivity index (χ0) is 10.8. The third-order valence-corrected chi connectivity index (χ3v) is 3.52. The molecule has 0 saturated carbocycles. The highest BCUT2D eigenvalue weighted by Crippen LogP contribution is 2.27. The van der Waals surface area contributed by atoms with E-state index >= 15 is 0 Å². The maximum Gasteiger partial charge on any atom is 0.257 e. The summed E-state index contributed by atoms with van der Waals surface area (Å²) in [6.45, 7) is 1.57. The van der Waals surface area contributed by atoms with E-state index in [9.17, 15) is 4.79 Å². The van der Waals surface area contributed by atoms with Crippen LogP contribution in [-0.4, -0.2) is 30.7 Å². The first-order valence-corrected chi connectivity index (χ1v) is 5.68. The Hall–Kier alpha value is -0.580. The quantitative estimate of drug-likeness (QED) is 0.795. The highest BCUT2D eigenvalue weighted by Gasteiger charge is 2.22. The Morgan fingerprint density at radius 1 is 1.53 bits per heavy atom. The molecule has 2 rings (SSSR count). The van der Waals surface area contributed by atoms with Crippen LogP contribution in [0.3, 0.4) is 0 Å². The number of benzene rings is 1. The van der Waals surface area contributed by atoms with Gasteiger partial charge in [-0.1, -0.05) is 17.7 Å². The summed E-state index contributed by atoms with van der Waals surface area (Å²) in [5.41, 5.74) is 0.511. The summed E-state index contributed by atoms with van der Waals surface area (Å²) in [6, 6.07) is 5.31. The first-order chi connectivity index (χ1) is 7.20. The van der Waals surface area contributed by atoms with Gasteiger partial charge in [-0.3, -0.25) is 4.79 Å². The van der Waals surface area contributed by atoms with Gasteiger partial charge in [-0.2, -0.15) is 0 Å². The minimum Gasteiger partial charge on any atom is -0.359 e. The zero-order valence-electron chi connectivity index (χ0n) is 7.87. The van der Waals surface area contributed by atoms with Crippen LogP contribution in [0.25, 0.3) is 0 Å². The molecule has 0 N–H and O–H groups in total. The number of hydrogen-bond donors (Lipinski definition) is 0. The molecule has 0 aliphatic carbocycles. The van der Waals surface area contributed by atoms with E-state index in [0.29, 0.717) is 30.5 Å². The van der Waals surface area contributed by atoms with E-state index in [1.165, 1.54) is 0 Å². The lowest BCUT2D eigenvalue weighted by Crippen LogP contribution is -2.28. The molecular weight excluding hydrogens is 281 g/mol. The number of ether oxygens (including phenoxy) is 1. The van der Waals surface area contributed by atoms with Gasteiger partial charge in [0.05, 0.1) is 17.2 Å². The minimum absolute atomic E-state index is 0.0844. The molecule has 1 aliphatic heterocycles. The van der Waals surface area contributed by atoms with Crippen LogP contribution in [0.15, 0.2) is 22.7 Å². The van der Waals surface area contributed by atoms with Gasteiger partial charge in [-0.15, -0.1) is 0 Å². The summed E-state index contributed by atoms with van der Waals surface area (Å²) in [5, 5.41) is 0.453. The third kappa shape index (κ3) is 2.17. The van der Waals surface area contributed by atoms with E-state index in [1.54, 1.807) is 23.1 Å². The average Bonchev–Trinajstić information content (AvgIpc) is 2.74. The predicted octanol–water partition coefficient (Wildman–Crippen LogP) is 2.53. The van der Waals surface area contributed by atoms with E-state index in [4.69, 9.17) is 16.3 Å². The van der Waals surface area contributed by atoms with Gasteiger partial charge < -0.3 is 9.64 Å². The Labute approximate surface area is 101 Å². The van der Waals surface area contributed by atoms with Crippen molar-refractivity contribution in [2.75, 3.05) is 19.9 Å². The molecule has 1 aromatic rings. The number of carbonyl (C=O) groups is 1. The molecule has 5 heteroatoms. The third-order valence-electron chi connectivity index (χ3n) is 2.22. The number of hydrogen-bond acceptors (Lipinski definition) is 2. The van der Waals surface area contributed by atoms with Crippen molar-refractivity contribution in [2.24, 2.45) is 0 Å². The zero-order valence-corrected chi connectivity index (χ0v) is 10.2. The van der Waals surface area contributed by atoms with Gasteiger partial charge in [-0.05, 0) is 28.1 Å². The van der Waals surface area contributed by atoms with Crippen LogP contribution >= 0.6 is 27.5 Å². The Morgan fingerprint density at radius 3 is 3.00 bits per heavy atom. The van der Waals surface area contributed by atoms with Crippen molar-refractivity contribution in [2.45, 2.75) is 0 Å². The Bertz CT molecular complexity index is 391. The van der Waals surface area contributed by atoms with Crippen molar-refractivity contribution in [1.29, 1.82) is 0 Å². The summed E-state index contributed by atoms with van der Waals surface area (Å²) >= 11 is 9.32. The van der Waals surface area contributed by atoms with Crippen LogP contribution in [0.2, 0.25) is 5.02 Å². The normalized spacial score (nSPS) is 15.7. The molecular formula is C10H9BrClNO2. The van der Waals surface area contributed by atoms with Crippen molar-refractivity contribution >= 4 is 33.4 Å². The maximum atomic E-state index is 12.0. The molecule has 3 nitrogen and oxygen atoms in total. The molecule has 0 aromatic heterocycles. The lowest BCUT2D eigenvalue weighted by Gasteiger charge is -2.14. The van der Waals surface area contributed by atoms with E-state index in [1.807, 2.05) is 0 Å². The smallest absolute Gasteiger partial charge is 0.257 e. The lowest BCUT2D eigenvalue weighted by atomic mass is 10.2. The number of amides is 1. The molecule has 80 valence electrons. The molecule has 1 heterocycles. The maximum absolute atomic E-state index is 12.0. The second kappa shape index (κ2) is 4.51. The topological polar surface area (TPSA) is 29.5 Å². The number of carbonyl (C=O) groups excluding carboxylic acids is 1. The van der Waals surface area contributed by atoms with Crippen molar-refractivity contribution in [3.63, 3.8) is 0 Å². The number of nitrogens with zero attached hydrogens (tertiary/aromatic N) is 1. The summed E-state index contributed by atoms with van der Waals surface area (Å²) in [4.78, 5) is 13.6. The van der Waals surface area contributed by atoms with E-state index in [-0.39, 0.29) is 5.91 Å². The summed E-state index contributed by atoms with van der Waals surface area (Å²) in [7, 11) is 0. The Kier molecular flexibility index (Phi) is 3.29. The monoisotopic (exact) mass is 289 g/mol. The summed E-state index contributed by atoms with van der Waals surface area (Å²) < 4.78 is 5.85. The molecule has 0 spiro atoms. The van der Waals surface area contributed by atoms with Gasteiger partial charge in [0, 0.05) is 11.0 Å². The Morgan fingerprint density at radius 2 is 2.33 bits per heavy atom. The lowest BCUT2D eigenvalue weighted by molar-refractivity contribution is 0.0695. The van der Waals surface area contributed by atoms with Gasteiger partial charge >= 0.3 is 0 Å². The first kappa shape index (κ1) is 10.9. The molecule has 1 saturated heterocycles. The second-order valence-corrected chi connectivity index (χ2v) is 4.44. The molecule has 1 aromatic carbocycles. The Balaban J connectivity index is 2.28. The van der Waals surface area contributed by atoms with E-state index in [2.05, 4.69) is 15.9 Å². The number of rotatable bonds is 1. The largest absolute Gasteiger partial charge is 0.359 e. The fraction of sp³-hybridized carbons (Fsp3) is 0.300. The van der Waals surface area contributed by atoms with Crippen molar-refractivity contribution in [3.8, 4) is 0 Å². The summed E-state index contributed by atoms with van der Waals surface area (Å²) in [5.74, 6) is -0.0844. The molecule has 0 unspecified atom stereocenters. The first-order valence-electron chi connectivity index (χ1n) is 4.51. The number of halogens is 2. The fourth-order valence-corrected chi connectivity index (χ4v) is 1.99. The second-order valence-electron chi connectivity index (χ2n) is 3.21. The molecule has 15 heavy (non-hydrogen) atoms. The minimum atomic E-state index is -0.0844. The van der Waals surface area contributed by atoms with E-state index < -0.39 is 0 Å². The predicted molar refractivity (Wildman–Crippen MR) is 61.0 cm³/mol. The molecule has 1 aliphatic rings. The van der Waals surface area contributed by atoms with Gasteiger partial charge in [0.15, 0.2) is 0 Å². The molecule has 0 radical (unpaired) electrons. The standard InChI is InChI=1S/C10H9BrClNO2/c11-8-3-1-2-7(9(8)12)10(14)13-4-5-15-6-13/h1-3H,4-6H2. The highest BCUT2D eigenvalue weighted by atomic mass is 79.9.